The van der Waals surface area contributed by atoms with Crippen molar-refractivity contribution >= 4 is 5.91 Å². The van der Waals surface area contributed by atoms with Crippen LogP contribution in [0.25, 0.3) is 11.5 Å². The van der Waals surface area contributed by atoms with Crippen molar-refractivity contribution in [1.29, 1.82) is 0 Å². The van der Waals surface area contributed by atoms with E-state index in [2.05, 4.69) is 14.9 Å². The van der Waals surface area contributed by atoms with Crippen molar-refractivity contribution in [3.8, 4) is 17.2 Å². The van der Waals surface area contributed by atoms with E-state index in [1.54, 1.807) is 4.90 Å². The Balaban J connectivity index is 1.50. The zero-order chi connectivity index (χ0) is 20.4. The van der Waals surface area contributed by atoms with Crippen LogP contribution in [0.15, 0.2) is 53.1 Å². The summed E-state index contributed by atoms with van der Waals surface area (Å²) in [6.07, 6.45) is 0.211. The maximum absolute atomic E-state index is 14.1. The van der Waals surface area contributed by atoms with E-state index in [1.807, 2.05) is 30.3 Å². The summed E-state index contributed by atoms with van der Waals surface area (Å²) in [6.45, 7) is -2.15. The summed E-state index contributed by atoms with van der Waals surface area (Å²) in [5.74, 6) is -1.16. The zero-order valence-electron chi connectivity index (χ0n) is 15.1. The van der Waals surface area contributed by atoms with Crippen molar-refractivity contribution in [3.63, 3.8) is 0 Å². The Morgan fingerprint density at radius 2 is 2.00 bits per heavy atom. The molecule has 0 aliphatic carbocycles. The second kappa shape index (κ2) is 7.94. The minimum atomic E-state index is -3.04. The highest BCUT2D eigenvalue weighted by molar-refractivity contribution is 5.79. The molecule has 1 aromatic heterocycles. The molecule has 1 amide bonds. The molecule has 1 atom stereocenters. The molecule has 1 aliphatic heterocycles. The minimum absolute atomic E-state index is 0.0382. The second-order valence-electron chi connectivity index (χ2n) is 6.64. The van der Waals surface area contributed by atoms with Gasteiger partial charge in [-0.15, -0.1) is 0 Å². The highest BCUT2D eigenvalue weighted by Gasteiger charge is 2.34. The number of carbonyl (C=O) groups is 1. The third-order valence-electron chi connectivity index (χ3n) is 4.63. The predicted molar refractivity (Wildman–Crippen MR) is 95.5 cm³/mol. The number of halogens is 3. The number of carbonyl (C=O) groups excluding carboxylic acids is 1. The van der Waals surface area contributed by atoms with E-state index < -0.39 is 12.4 Å². The van der Waals surface area contributed by atoms with E-state index >= 15 is 0 Å². The van der Waals surface area contributed by atoms with E-state index in [0.29, 0.717) is 13.1 Å². The van der Waals surface area contributed by atoms with Crippen LogP contribution < -0.4 is 4.74 Å². The molecular weight excluding hydrogens is 387 g/mol. The highest BCUT2D eigenvalue weighted by Crippen LogP contribution is 2.31. The summed E-state index contributed by atoms with van der Waals surface area (Å²) in [5, 5.41) is 3.86. The molecule has 2 aromatic carbocycles. The van der Waals surface area contributed by atoms with Gasteiger partial charge >= 0.3 is 6.61 Å². The normalized spacial score (nSPS) is 16.6. The van der Waals surface area contributed by atoms with Crippen molar-refractivity contribution in [3.05, 3.63) is 65.7 Å². The quantitative estimate of drug-likeness (QED) is 0.623. The molecule has 0 bridgehead atoms. The topological polar surface area (TPSA) is 68.5 Å². The maximum atomic E-state index is 14.1. The Labute approximate surface area is 163 Å². The van der Waals surface area contributed by atoms with Crippen LogP contribution in [-0.2, 0) is 11.3 Å². The maximum Gasteiger partial charge on any atom is 0.387 e. The predicted octanol–water partition coefficient (Wildman–Crippen LogP) is 3.99. The van der Waals surface area contributed by atoms with Crippen molar-refractivity contribution in [2.24, 2.45) is 0 Å². The lowest BCUT2D eigenvalue weighted by Gasteiger charge is -2.15. The zero-order valence-corrected chi connectivity index (χ0v) is 15.1. The number of aromatic nitrogens is 2. The summed E-state index contributed by atoms with van der Waals surface area (Å²) < 4.78 is 48.3. The molecule has 1 unspecified atom stereocenters. The molecule has 1 saturated heterocycles. The Bertz CT molecular complexity index is 1010. The molecule has 9 heteroatoms. The number of alkyl halides is 2. The molecule has 4 rings (SSSR count). The van der Waals surface area contributed by atoms with E-state index in [1.165, 1.54) is 0 Å². The van der Waals surface area contributed by atoms with Gasteiger partial charge in [0.05, 0.1) is 5.56 Å². The fourth-order valence-corrected chi connectivity index (χ4v) is 3.26. The van der Waals surface area contributed by atoms with Crippen molar-refractivity contribution in [1.82, 2.24) is 15.0 Å². The number of rotatable bonds is 6. The van der Waals surface area contributed by atoms with E-state index in [-0.39, 0.29) is 41.3 Å². The third kappa shape index (κ3) is 4.23. The molecule has 3 aromatic rings. The Morgan fingerprint density at radius 1 is 1.21 bits per heavy atom. The van der Waals surface area contributed by atoms with Crippen LogP contribution in [0, 0.1) is 5.82 Å². The molecule has 1 fully saturated rings. The van der Waals surface area contributed by atoms with Crippen LogP contribution in [0.5, 0.6) is 5.75 Å². The number of amides is 1. The molecular formula is C20H16F3N3O3. The molecule has 6 nitrogen and oxygen atoms in total. The lowest BCUT2D eigenvalue weighted by atomic mass is 10.1. The molecule has 0 spiro atoms. The molecule has 2 heterocycles. The van der Waals surface area contributed by atoms with Gasteiger partial charge < -0.3 is 14.2 Å². The average Bonchev–Trinajstić information content (AvgIpc) is 3.31. The first-order valence-corrected chi connectivity index (χ1v) is 8.89. The number of likely N-dealkylation sites (tertiary alicyclic amines) is 1. The van der Waals surface area contributed by atoms with Crippen LogP contribution in [-0.4, -0.2) is 34.1 Å². The van der Waals surface area contributed by atoms with Gasteiger partial charge in [0.25, 0.3) is 5.89 Å². The summed E-state index contributed by atoms with van der Waals surface area (Å²) in [6, 6.07) is 12.7. The fraction of sp³-hybridized carbons (Fsp3) is 0.250. The number of benzene rings is 2. The minimum Gasteiger partial charge on any atom is -0.435 e. The lowest BCUT2D eigenvalue weighted by Crippen LogP contribution is -2.24. The molecule has 0 radical (unpaired) electrons. The lowest BCUT2D eigenvalue weighted by molar-refractivity contribution is -0.128. The van der Waals surface area contributed by atoms with Gasteiger partial charge in [-0.3, -0.25) is 4.79 Å². The molecule has 0 N–H and O–H groups in total. The van der Waals surface area contributed by atoms with Crippen LogP contribution in [0.1, 0.15) is 23.7 Å². The van der Waals surface area contributed by atoms with Crippen molar-refractivity contribution in [2.75, 3.05) is 6.54 Å². The van der Waals surface area contributed by atoms with Crippen LogP contribution in [0.4, 0.5) is 13.2 Å². The fourth-order valence-electron chi connectivity index (χ4n) is 3.26. The Hall–Kier alpha value is -3.36. The van der Waals surface area contributed by atoms with E-state index in [0.717, 1.165) is 23.8 Å². The number of hydrogen-bond acceptors (Lipinski definition) is 5. The average molecular weight is 403 g/mol. The number of hydrogen-bond donors (Lipinski definition) is 0. The van der Waals surface area contributed by atoms with Gasteiger partial charge in [-0.25, -0.2) is 4.39 Å². The number of nitrogens with zero attached hydrogens (tertiary/aromatic N) is 3. The summed E-state index contributed by atoms with van der Waals surface area (Å²) in [7, 11) is 0. The second-order valence-corrected chi connectivity index (χ2v) is 6.64. The standard InChI is InChI=1S/C20H16F3N3O3/c21-16-7-6-14(28-20(22)23)9-15(16)19-24-18(25-29-19)13-8-17(27)26(11-13)10-12-4-2-1-3-5-12/h1-7,9,13,20H,8,10-11H2. The van der Waals surface area contributed by atoms with Gasteiger partial charge in [-0.05, 0) is 23.8 Å². The smallest absolute Gasteiger partial charge is 0.387 e. The largest absolute Gasteiger partial charge is 0.435 e. The van der Waals surface area contributed by atoms with Gasteiger partial charge in [-0.2, -0.15) is 13.8 Å². The van der Waals surface area contributed by atoms with Gasteiger partial charge in [0.15, 0.2) is 5.82 Å². The third-order valence-corrected chi connectivity index (χ3v) is 4.63. The number of ether oxygens (including phenoxy) is 1. The Kier molecular flexibility index (Phi) is 5.20. The van der Waals surface area contributed by atoms with Crippen molar-refractivity contribution in [2.45, 2.75) is 25.5 Å². The van der Waals surface area contributed by atoms with Gasteiger partial charge in [0.1, 0.15) is 11.6 Å². The van der Waals surface area contributed by atoms with Crippen molar-refractivity contribution < 1.29 is 27.2 Å². The van der Waals surface area contributed by atoms with Gasteiger partial charge in [0.2, 0.25) is 5.91 Å². The molecule has 1 aliphatic rings. The summed E-state index contributed by atoms with van der Waals surface area (Å²) in [4.78, 5) is 18.2. The molecule has 29 heavy (non-hydrogen) atoms. The molecule has 150 valence electrons. The SMILES string of the molecule is O=C1CC(c2noc(-c3cc(OC(F)F)ccc3F)n2)CN1Cc1ccccc1. The van der Waals surface area contributed by atoms with Gasteiger partial charge in [0, 0.05) is 25.4 Å². The van der Waals surface area contributed by atoms with Crippen LogP contribution >= 0.6 is 0 Å². The first kappa shape index (κ1) is 19.0. The summed E-state index contributed by atoms with van der Waals surface area (Å²) in [5.41, 5.74) is 0.862. The van der Waals surface area contributed by atoms with Crippen LogP contribution in [0.2, 0.25) is 0 Å². The van der Waals surface area contributed by atoms with Crippen LogP contribution in [0.3, 0.4) is 0 Å². The molecule has 0 saturated carbocycles. The monoisotopic (exact) mass is 403 g/mol. The van der Waals surface area contributed by atoms with E-state index in [9.17, 15) is 18.0 Å². The first-order chi connectivity index (χ1) is 14.0. The van der Waals surface area contributed by atoms with Gasteiger partial charge in [-0.1, -0.05) is 35.5 Å². The van der Waals surface area contributed by atoms with E-state index in [4.69, 9.17) is 4.52 Å². The first-order valence-electron chi connectivity index (χ1n) is 8.89. The highest BCUT2D eigenvalue weighted by atomic mass is 19.3. The Morgan fingerprint density at radius 3 is 2.76 bits per heavy atom. The summed E-state index contributed by atoms with van der Waals surface area (Å²) >= 11 is 0.